The van der Waals surface area contributed by atoms with Crippen LogP contribution in [-0.4, -0.2) is 43.5 Å². The molecule has 1 heterocycles. The van der Waals surface area contributed by atoms with Crippen LogP contribution in [0.1, 0.15) is 36.8 Å². The quantitative estimate of drug-likeness (QED) is 0.262. The van der Waals surface area contributed by atoms with Gasteiger partial charge in [-0.1, -0.05) is 30.3 Å². The van der Waals surface area contributed by atoms with Gasteiger partial charge in [-0.15, -0.1) is 0 Å². The third-order valence-electron chi connectivity index (χ3n) is 6.96. The summed E-state index contributed by atoms with van der Waals surface area (Å²) in [7, 11) is -2.46. The first-order valence-electron chi connectivity index (χ1n) is 13.2. The van der Waals surface area contributed by atoms with Crippen LogP contribution in [0.15, 0.2) is 71.4 Å². The number of aromatic nitrogens is 2. The van der Waals surface area contributed by atoms with Gasteiger partial charge in [-0.2, -0.15) is 4.36 Å². The summed E-state index contributed by atoms with van der Waals surface area (Å²) in [6, 6.07) is 18.1. The Balaban J connectivity index is 1.40. The van der Waals surface area contributed by atoms with Crippen LogP contribution in [0.25, 0.3) is 10.9 Å². The molecular formula is C30H33FN4O3S. The fourth-order valence-electron chi connectivity index (χ4n) is 4.91. The van der Waals surface area contributed by atoms with E-state index in [4.69, 9.17) is 4.74 Å². The molecule has 4 aromatic rings. The van der Waals surface area contributed by atoms with E-state index in [-0.39, 0.29) is 12.2 Å². The second kappa shape index (κ2) is 11.7. The molecule has 9 heteroatoms. The maximum Gasteiger partial charge on any atom is 0.146 e. The molecule has 0 aliphatic heterocycles. The van der Waals surface area contributed by atoms with Gasteiger partial charge in [0.05, 0.1) is 29.1 Å². The Morgan fingerprint density at radius 3 is 2.62 bits per heavy atom. The van der Waals surface area contributed by atoms with Crippen LogP contribution < -0.4 is 10.1 Å². The minimum atomic E-state index is -2.46. The smallest absolute Gasteiger partial charge is 0.146 e. The number of ether oxygens (including phenoxy) is 1. The molecule has 1 aliphatic carbocycles. The monoisotopic (exact) mass is 548 g/mol. The summed E-state index contributed by atoms with van der Waals surface area (Å²) in [4.78, 5) is 8.91. The van der Waals surface area contributed by atoms with E-state index in [9.17, 15) is 13.7 Å². The average Bonchev–Trinajstić information content (AvgIpc) is 2.91. The first kappa shape index (κ1) is 27.0. The number of aryl methyl sites for hydroxylation is 2. The predicted octanol–water partition coefficient (Wildman–Crippen LogP) is 6.48. The van der Waals surface area contributed by atoms with E-state index in [0.717, 1.165) is 16.5 Å². The van der Waals surface area contributed by atoms with Gasteiger partial charge in [0.15, 0.2) is 0 Å². The number of fused-ring (bicyclic) bond motifs is 1. The van der Waals surface area contributed by atoms with E-state index in [0.29, 0.717) is 66.3 Å². The Labute approximate surface area is 228 Å². The lowest BCUT2D eigenvalue weighted by atomic mass is 9.95. The molecule has 5 rings (SSSR count). The highest BCUT2D eigenvalue weighted by molar-refractivity contribution is 7.93. The number of nitrogens with zero attached hydrogens (tertiary/aromatic N) is 3. The number of benzene rings is 3. The number of anilines is 2. The van der Waals surface area contributed by atoms with Crippen molar-refractivity contribution < 1.29 is 18.4 Å². The standard InChI is InChI=1S/C30H33FN4O3S/c1-20-16-23(35-39(2,37)15-14-21-6-4-3-5-7-21)18-27-29(20)30(33-19-32-27)34-26-13-8-22(31)17-28(26)38-25-11-9-24(36)10-12-25/h3-8,13,16-19,24-25,36H,9-12,14-15H2,1-2H3,(H,32,33,34). The van der Waals surface area contributed by atoms with E-state index in [2.05, 4.69) is 19.6 Å². The van der Waals surface area contributed by atoms with E-state index < -0.39 is 15.5 Å². The molecule has 2 N–H and O–H groups in total. The van der Waals surface area contributed by atoms with Crippen molar-refractivity contribution in [1.82, 2.24) is 9.97 Å². The summed E-state index contributed by atoms with van der Waals surface area (Å²) in [5, 5.41) is 13.9. The first-order valence-corrected chi connectivity index (χ1v) is 15.3. The van der Waals surface area contributed by atoms with Crippen molar-refractivity contribution in [3.8, 4) is 5.75 Å². The highest BCUT2D eigenvalue weighted by Crippen LogP contribution is 2.35. The summed E-state index contributed by atoms with van der Waals surface area (Å²) >= 11 is 0. The summed E-state index contributed by atoms with van der Waals surface area (Å²) in [5.41, 5.74) is 3.86. The normalized spacial score (nSPS) is 18.9. The molecule has 0 radical (unpaired) electrons. The summed E-state index contributed by atoms with van der Waals surface area (Å²) in [6.07, 6.45) is 6.21. The van der Waals surface area contributed by atoms with E-state index >= 15 is 0 Å². The lowest BCUT2D eigenvalue weighted by Crippen LogP contribution is -2.26. The number of aliphatic hydroxyl groups is 1. The number of hydrogen-bond acceptors (Lipinski definition) is 7. The molecule has 1 atom stereocenters. The van der Waals surface area contributed by atoms with Gasteiger partial charge in [0.2, 0.25) is 0 Å². The van der Waals surface area contributed by atoms with Crippen molar-refractivity contribution in [3.05, 3.63) is 83.9 Å². The molecule has 0 spiro atoms. The van der Waals surface area contributed by atoms with Crippen molar-refractivity contribution in [1.29, 1.82) is 0 Å². The SMILES string of the molecule is Cc1cc(N=S(C)(=O)CCc2ccccc2)cc2ncnc(Nc3ccc(F)cc3OC3CCC(O)CC3)c12. The second-order valence-electron chi connectivity index (χ2n) is 10.2. The fourth-order valence-corrected chi connectivity index (χ4v) is 6.17. The molecule has 1 aliphatic rings. The van der Waals surface area contributed by atoms with Crippen LogP contribution in [0.4, 0.5) is 21.6 Å². The van der Waals surface area contributed by atoms with Crippen LogP contribution in [0.5, 0.6) is 5.75 Å². The van der Waals surface area contributed by atoms with Crippen LogP contribution in [0.3, 0.4) is 0 Å². The maximum atomic E-state index is 14.1. The van der Waals surface area contributed by atoms with Crippen LogP contribution in [-0.2, 0) is 16.1 Å². The van der Waals surface area contributed by atoms with Crippen molar-refractivity contribution in [3.63, 3.8) is 0 Å². The van der Waals surface area contributed by atoms with Crippen molar-refractivity contribution in [2.75, 3.05) is 17.3 Å². The van der Waals surface area contributed by atoms with Gasteiger partial charge >= 0.3 is 0 Å². The van der Waals surface area contributed by atoms with Gasteiger partial charge in [-0.25, -0.2) is 18.6 Å². The number of aliphatic hydroxyl groups excluding tert-OH is 1. The molecular weight excluding hydrogens is 515 g/mol. The van der Waals surface area contributed by atoms with Crippen molar-refractivity contribution in [2.45, 2.75) is 51.2 Å². The van der Waals surface area contributed by atoms with Gasteiger partial charge in [-0.05, 0) is 74.4 Å². The predicted molar refractivity (Wildman–Crippen MR) is 154 cm³/mol. The molecule has 0 bridgehead atoms. The van der Waals surface area contributed by atoms with Crippen molar-refractivity contribution in [2.24, 2.45) is 4.36 Å². The summed E-state index contributed by atoms with van der Waals surface area (Å²) in [6.45, 7) is 1.94. The number of halogens is 1. The Kier molecular flexibility index (Phi) is 8.09. The minimum absolute atomic E-state index is 0.0883. The van der Waals surface area contributed by atoms with Crippen LogP contribution in [0, 0.1) is 12.7 Å². The molecule has 1 fully saturated rings. The summed E-state index contributed by atoms with van der Waals surface area (Å²) in [5.74, 6) is 1.02. The molecule has 39 heavy (non-hydrogen) atoms. The van der Waals surface area contributed by atoms with Crippen molar-refractivity contribution >= 4 is 37.8 Å². The molecule has 1 saturated carbocycles. The second-order valence-corrected chi connectivity index (χ2v) is 12.7. The largest absolute Gasteiger partial charge is 0.488 e. The molecule has 0 amide bonds. The number of nitrogens with one attached hydrogen (secondary N) is 1. The Hall–Kier alpha value is -3.56. The fraction of sp³-hybridized carbons (Fsp3) is 0.333. The van der Waals surface area contributed by atoms with E-state index in [1.165, 1.54) is 18.5 Å². The van der Waals surface area contributed by atoms with Crippen LogP contribution >= 0.6 is 0 Å². The Bertz CT molecular complexity index is 1580. The van der Waals surface area contributed by atoms with Gasteiger partial charge in [0, 0.05) is 33.2 Å². The lowest BCUT2D eigenvalue weighted by Gasteiger charge is -2.27. The lowest BCUT2D eigenvalue weighted by molar-refractivity contribution is 0.0668. The zero-order chi connectivity index (χ0) is 27.4. The molecule has 204 valence electrons. The van der Waals surface area contributed by atoms with Crippen LogP contribution in [0.2, 0.25) is 0 Å². The number of rotatable bonds is 8. The molecule has 3 aromatic carbocycles. The third-order valence-corrected chi connectivity index (χ3v) is 8.52. The van der Waals surface area contributed by atoms with Gasteiger partial charge in [-0.3, -0.25) is 0 Å². The zero-order valence-corrected chi connectivity index (χ0v) is 23.0. The Morgan fingerprint density at radius 1 is 1.08 bits per heavy atom. The highest BCUT2D eigenvalue weighted by Gasteiger charge is 2.22. The molecule has 0 saturated heterocycles. The van der Waals surface area contributed by atoms with E-state index in [1.807, 2.05) is 49.4 Å². The van der Waals surface area contributed by atoms with Gasteiger partial charge < -0.3 is 15.2 Å². The molecule has 1 aromatic heterocycles. The maximum absolute atomic E-state index is 14.1. The first-order chi connectivity index (χ1) is 18.8. The zero-order valence-electron chi connectivity index (χ0n) is 22.1. The highest BCUT2D eigenvalue weighted by atomic mass is 32.2. The van der Waals surface area contributed by atoms with Gasteiger partial charge in [0.1, 0.15) is 23.7 Å². The Morgan fingerprint density at radius 2 is 1.85 bits per heavy atom. The van der Waals surface area contributed by atoms with Gasteiger partial charge in [0.25, 0.3) is 0 Å². The minimum Gasteiger partial charge on any atom is -0.488 e. The third kappa shape index (κ3) is 6.91. The molecule has 7 nitrogen and oxygen atoms in total. The summed E-state index contributed by atoms with van der Waals surface area (Å²) < 4.78 is 38.2. The molecule has 1 unspecified atom stereocenters. The van der Waals surface area contributed by atoms with E-state index in [1.54, 1.807) is 12.3 Å². The topological polar surface area (TPSA) is 96.7 Å². The average molecular weight is 549 g/mol. The number of hydrogen-bond donors (Lipinski definition) is 2.